The van der Waals surface area contributed by atoms with E-state index in [1.54, 1.807) is 0 Å². The number of rotatable bonds is 1. The lowest BCUT2D eigenvalue weighted by molar-refractivity contribution is -0.134. The minimum atomic E-state index is -1.53. The first-order chi connectivity index (χ1) is 4.79. The van der Waals surface area contributed by atoms with Crippen molar-refractivity contribution >= 4 is 40.8 Å². The van der Waals surface area contributed by atoms with Gasteiger partial charge >= 0.3 is 0 Å². The van der Waals surface area contributed by atoms with Crippen molar-refractivity contribution in [1.82, 2.24) is 5.32 Å². The predicted molar refractivity (Wildman–Crippen MR) is 43.8 cm³/mol. The Morgan fingerprint density at radius 3 is 1.82 bits per heavy atom. The van der Waals surface area contributed by atoms with Gasteiger partial charge in [0.25, 0.3) is 5.97 Å². The highest BCUT2D eigenvalue weighted by molar-refractivity contribution is 6.67. The Morgan fingerprint density at radius 1 is 1.55 bits per heavy atom. The zero-order valence-electron chi connectivity index (χ0n) is 5.64. The quantitative estimate of drug-likeness (QED) is 0.352. The van der Waals surface area contributed by atoms with E-state index in [2.05, 4.69) is 5.32 Å². The second kappa shape index (κ2) is 6.94. The van der Waals surface area contributed by atoms with Gasteiger partial charge in [0.05, 0.1) is 6.73 Å². The zero-order chi connectivity index (χ0) is 9.49. The van der Waals surface area contributed by atoms with Gasteiger partial charge in [0.2, 0.25) is 3.92 Å². The number of aliphatic hydroxyl groups is 1. The summed E-state index contributed by atoms with van der Waals surface area (Å²) < 4.78 is -1.53. The monoisotopic (exact) mass is 223 g/mol. The van der Waals surface area contributed by atoms with Gasteiger partial charge in [-0.1, -0.05) is 34.8 Å². The number of hydrogen-bond acceptors (Lipinski definition) is 3. The van der Waals surface area contributed by atoms with Gasteiger partial charge in [-0.05, 0) is 0 Å². The van der Waals surface area contributed by atoms with Gasteiger partial charge in [-0.15, -0.1) is 0 Å². The summed E-state index contributed by atoms with van der Waals surface area (Å²) >= 11 is 15.3. The van der Waals surface area contributed by atoms with Crippen LogP contribution < -0.4 is 5.32 Å². The molecule has 0 rings (SSSR count). The molecule has 68 valence electrons. The lowest BCUT2D eigenvalue weighted by Crippen LogP contribution is -2.28. The fourth-order valence-electron chi connectivity index (χ4n) is 0.0896. The standard InChI is InChI=1S/C2H4Cl3NO.C2H4O2/c3-2(4,5)6-1-7;1-2(3)4/h6-7H,1H2;1H3,(H,3,4). The van der Waals surface area contributed by atoms with Crippen LogP contribution in [0.2, 0.25) is 0 Å². The number of halogens is 3. The maximum Gasteiger partial charge on any atom is 0.300 e. The highest BCUT2D eigenvalue weighted by Gasteiger charge is 2.16. The van der Waals surface area contributed by atoms with E-state index in [0.717, 1.165) is 6.92 Å². The minimum absolute atomic E-state index is 0.337. The van der Waals surface area contributed by atoms with Gasteiger partial charge in [0.1, 0.15) is 0 Å². The molecule has 0 bridgehead atoms. The number of carboxylic acids is 1. The van der Waals surface area contributed by atoms with Crippen LogP contribution in [0.25, 0.3) is 0 Å². The van der Waals surface area contributed by atoms with Crippen molar-refractivity contribution in [2.45, 2.75) is 10.8 Å². The summed E-state index contributed by atoms with van der Waals surface area (Å²) in [6.07, 6.45) is 0. The molecule has 0 unspecified atom stereocenters. The first-order valence-corrected chi connectivity index (χ1v) is 3.55. The third-order valence-corrected chi connectivity index (χ3v) is 0.680. The van der Waals surface area contributed by atoms with Crippen LogP contribution in [0, 0.1) is 0 Å². The molecular formula is C4H8Cl3NO3. The number of aliphatic carboxylic acids is 1. The molecule has 0 saturated carbocycles. The van der Waals surface area contributed by atoms with Crippen molar-refractivity contribution in [3.63, 3.8) is 0 Å². The summed E-state index contributed by atoms with van der Waals surface area (Å²) in [5.41, 5.74) is 0. The van der Waals surface area contributed by atoms with Crippen molar-refractivity contribution in [2.24, 2.45) is 0 Å². The van der Waals surface area contributed by atoms with E-state index in [1.807, 2.05) is 0 Å². The highest BCUT2D eigenvalue weighted by atomic mass is 35.6. The van der Waals surface area contributed by atoms with E-state index in [4.69, 9.17) is 49.8 Å². The van der Waals surface area contributed by atoms with Crippen molar-refractivity contribution < 1.29 is 15.0 Å². The molecule has 0 radical (unpaired) electrons. The number of hydrogen-bond donors (Lipinski definition) is 3. The zero-order valence-corrected chi connectivity index (χ0v) is 7.91. The predicted octanol–water partition coefficient (Wildman–Crippen LogP) is 0.944. The molecule has 4 nitrogen and oxygen atoms in total. The molecular weight excluding hydrogens is 216 g/mol. The van der Waals surface area contributed by atoms with E-state index >= 15 is 0 Å². The Balaban J connectivity index is 0. The van der Waals surface area contributed by atoms with Crippen molar-refractivity contribution in [2.75, 3.05) is 6.73 Å². The van der Waals surface area contributed by atoms with E-state index < -0.39 is 9.89 Å². The smallest absolute Gasteiger partial charge is 0.300 e. The second-order valence-corrected chi connectivity index (χ2v) is 3.63. The van der Waals surface area contributed by atoms with Gasteiger partial charge in [-0.25, -0.2) is 0 Å². The summed E-state index contributed by atoms with van der Waals surface area (Å²) in [5.74, 6) is -0.833. The van der Waals surface area contributed by atoms with Crippen LogP contribution in [0.3, 0.4) is 0 Å². The average Bonchev–Trinajstić information content (AvgIpc) is 1.58. The van der Waals surface area contributed by atoms with Gasteiger partial charge in [-0.2, -0.15) is 0 Å². The maximum absolute atomic E-state index is 9.00. The van der Waals surface area contributed by atoms with Crippen LogP contribution in [0.4, 0.5) is 0 Å². The van der Waals surface area contributed by atoms with Gasteiger partial charge in [0.15, 0.2) is 0 Å². The molecule has 0 aromatic rings. The molecule has 0 saturated heterocycles. The Kier molecular flexibility index (Phi) is 8.72. The Bertz CT molecular complexity index is 110. The SMILES string of the molecule is CC(=O)O.OCNC(Cl)(Cl)Cl. The molecule has 0 aromatic carbocycles. The first-order valence-electron chi connectivity index (χ1n) is 2.41. The molecule has 3 N–H and O–H groups in total. The average molecular weight is 224 g/mol. The fraction of sp³-hybridized carbons (Fsp3) is 0.750. The Hall–Kier alpha value is 0.260. The summed E-state index contributed by atoms with van der Waals surface area (Å²) in [5, 5.41) is 17.6. The molecule has 0 aromatic heterocycles. The van der Waals surface area contributed by atoms with Crippen LogP contribution in [-0.2, 0) is 4.79 Å². The molecule has 11 heavy (non-hydrogen) atoms. The first kappa shape index (κ1) is 13.8. The van der Waals surface area contributed by atoms with Crippen molar-refractivity contribution in [3.8, 4) is 0 Å². The largest absolute Gasteiger partial charge is 0.481 e. The van der Waals surface area contributed by atoms with Crippen LogP contribution in [-0.4, -0.2) is 26.8 Å². The number of alkyl halides is 3. The topological polar surface area (TPSA) is 69.6 Å². The van der Waals surface area contributed by atoms with Gasteiger partial charge < -0.3 is 10.2 Å². The van der Waals surface area contributed by atoms with Crippen LogP contribution in [0.15, 0.2) is 0 Å². The molecule has 0 aliphatic heterocycles. The van der Waals surface area contributed by atoms with Crippen LogP contribution in [0.1, 0.15) is 6.92 Å². The minimum Gasteiger partial charge on any atom is -0.481 e. The van der Waals surface area contributed by atoms with E-state index in [9.17, 15) is 0 Å². The fourth-order valence-corrected chi connectivity index (χ4v) is 0.269. The van der Waals surface area contributed by atoms with Gasteiger partial charge in [0, 0.05) is 6.92 Å². The maximum atomic E-state index is 9.00. The molecule has 0 fully saturated rings. The molecule has 0 aliphatic carbocycles. The summed E-state index contributed by atoms with van der Waals surface area (Å²) in [6.45, 7) is 0.747. The Labute approximate surface area is 79.0 Å². The van der Waals surface area contributed by atoms with Crippen LogP contribution >= 0.6 is 34.8 Å². The molecule has 0 spiro atoms. The number of carboxylic acid groups (broad SMARTS) is 1. The third-order valence-electron chi connectivity index (χ3n) is 0.280. The number of aliphatic hydroxyl groups excluding tert-OH is 1. The van der Waals surface area contributed by atoms with Crippen molar-refractivity contribution in [1.29, 1.82) is 0 Å². The van der Waals surface area contributed by atoms with Crippen molar-refractivity contribution in [3.05, 3.63) is 0 Å². The molecule has 0 atom stereocenters. The van der Waals surface area contributed by atoms with Crippen LogP contribution in [0.5, 0.6) is 0 Å². The normalized spacial score (nSPS) is 9.91. The van der Waals surface area contributed by atoms with E-state index in [-0.39, 0.29) is 6.73 Å². The molecule has 0 aliphatic rings. The van der Waals surface area contributed by atoms with Gasteiger partial charge in [-0.3, -0.25) is 10.1 Å². The Morgan fingerprint density at radius 2 is 1.82 bits per heavy atom. The van der Waals surface area contributed by atoms with E-state index in [1.165, 1.54) is 0 Å². The third kappa shape index (κ3) is 38.6. The summed E-state index contributed by atoms with van der Waals surface area (Å²) in [6, 6.07) is 0. The summed E-state index contributed by atoms with van der Waals surface area (Å²) in [4.78, 5) is 9.00. The molecule has 0 heterocycles. The molecule has 0 amide bonds. The molecule has 7 heteroatoms. The summed E-state index contributed by atoms with van der Waals surface area (Å²) in [7, 11) is 0. The number of nitrogens with one attached hydrogen (secondary N) is 1. The lowest BCUT2D eigenvalue weighted by atomic mass is 10.9. The second-order valence-electron chi connectivity index (χ2n) is 1.35. The van der Waals surface area contributed by atoms with E-state index in [0.29, 0.717) is 0 Å². The lowest BCUT2D eigenvalue weighted by Gasteiger charge is -2.08. The number of carbonyl (C=O) groups is 1. The highest BCUT2D eigenvalue weighted by Crippen LogP contribution is 2.20.